The van der Waals surface area contributed by atoms with Crippen LogP contribution in [0.2, 0.25) is 0 Å². The molecule has 6 nitrogen and oxygen atoms in total. The number of hydrogen-bond donors (Lipinski definition) is 1. The molecule has 0 bridgehead atoms. The zero-order valence-corrected chi connectivity index (χ0v) is 16.7. The van der Waals surface area contributed by atoms with E-state index in [1.165, 1.54) is 11.1 Å². The number of benzene rings is 1. The summed E-state index contributed by atoms with van der Waals surface area (Å²) in [6, 6.07) is 8.72. The van der Waals surface area contributed by atoms with Gasteiger partial charge in [-0.25, -0.2) is 4.99 Å². The van der Waals surface area contributed by atoms with Crippen LogP contribution in [0.3, 0.4) is 0 Å². The Morgan fingerprint density at radius 1 is 1.23 bits per heavy atom. The van der Waals surface area contributed by atoms with Crippen LogP contribution in [0.4, 0.5) is 0 Å². The maximum absolute atomic E-state index is 11.9. The highest BCUT2D eigenvalue weighted by molar-refractivity contribution is 5.84. The molecule has 0 saturated carbocycles. The lowest BCUT2D eigenvalue weighted by Crippen LogP contribution is -2.52. The van der Waals surface area contributed by atoms with Gasteiger partial charge in [0.25, 0.3) is 0 Å². The van der Waals surface area contributed by atoms with Gasteiger partial charge < -0.3 is 15.1 Å². The lowest BCUT2D eigenvalue weighted by Gasteiger charge is -2.36. The standard InChI is InChI=1S/C20H33N5O/c1-5-9-21-20(22-15-19(26)23(3)4)25-12-10-24(11-13-25)16-18-8-6-7-17(2)14-18/h6-8,14H,5,9-13,15-16H2,1-4H3,(H,21,22). The van der Waals surface area contributed by atoms with E-state index in [4.69, 9.17) is 0 Å². The van der Waals surface area contributed by atoms with Crippen molar-refractivity contribution in [1.82, 2.24) is 20.0 Å². The molecule has 1 amide bonds. The van der Waals surface area contributed by atoms with Crippen molar-refractivity contribution in [3.8, 4) is 0 Å². The highest BCUT2D eigenvalue weighted by Gasteiger charge is 2.20. The number of hydrogen-bond acceptors (Lipinski definition) is 3. The molecule has 0 radical (unpaired) electrons. The third kappa shape index (κ3) is 6.33. The van der Waals surface area contributed by atoms with Crippen LogP contribution >= 0.6 is 0 Å². The van der Waals surface area contributed by atoms with Crippen LogP contribution in [0.25, 0.3) is 0 Å². The monoisotopic (exact) mass is 359 g/mol. The fourth-order valence-electron chi connectivity index (χ4n) is 2.97. The minimum absolute atomic E-state index is 0.0267. The van der Waals surface area contributed by atoms with Gasteiger partial charge in [-0.2, -0.15) is 0 Å². The van der Waals surface area contributed by atoms with E-state index in [1.54, 1.807) is 19.0 Å². The SMILES string of the molecule is CCCNC(=NCC(=O)N(C)C)N1CCN(Cc2cccc(C)c2)CC1. The zero-order valence-electron chi connectivity index (χ0n) is 16.7. The van der Waals surface area contributed by atoms with Crippen LogP contribution in [0.5, 0.6) is 0 Å². The van der Waals surface area contributed by atoms with Crippen molar-refractivity contribution in [2.75, 3.05) is 53.4 Å². The molecule has 0 aliphatic carbocycles. The molecule has 1 fully saturated rings. The molecule has 0 spiro atoms. The highest BCUT2D eigenvalue weighted by atomic mass is 16.2. The second kappa shape index (κ2) is 10.2. The fourth-order valence-corrected chi connectivity index (χ4v) is 2.97. The topological polar surface area (TPSA) is 51.2 Å². The Morgan fingerprint density at radius 3 is 2.58 bits per heavy atom. The van der Waals surface area contributed by atoms with E-state index < -0.39 is 0 Å². The first-order valence-corrected chi connectivity index (χ1v) is 9.51. The summed E-state index contributed by atoms with van der Waals surface area (Å²) in [5, 5.41) is 3.39. The van der Waals surface area contributed by atoms with E-state index in [0.717, 1.165) is 51.6 Å². The first-order chi connectivity index (χ1) is 12.5. The van der Waals surface area contributed by atoms with Crippen LogP contribution in [-0.2, 0) is 11.3 Å². The first kappa shape index (κ1) is 20.2. The molecule has 26 heavy (non-hydrogen) atoms. The molecular formula is C20H33N5O. The maximum atomic E-state index is 11.9. The summed E-state index contributed by atoms with van der Waals surface area (Å²) in [4.78, 5) is 22.7. The smallest absolute Gasteiger partial charge is 0.243 e. The Morgan fingerprint density at radius 2 is 1.96 bits per heavy atom. The second-order valence-corrected chi connectivity index (χ2v) is 7.11. The number of nitrogens with one attached hydrogen (secondary N) is 1. The lowest BCUT2D eigenvalue weighted by molar-refractivity contribution is -0.127. The van der Waals surface area contributed by atoms with Gasteiger partial charge in [0, 0.05) is 53.4 Å². The number of rotatable bonds is 6. The van der Waals surface area contributed by atoms with Crippen molar-refractivity contribution < 1.29 is 4.79 Å². The molecular weight excluding hydrogens is 326 g/mol. The van der Waals surface area contributed by atoms with Crippen molar-refractivity contribution in [3.63, 3.8) is 0 Å². The molecule has 0 aromatic heterocycles. The van der Waals surface area contributed by atoms with E-state index in [0.29, 0.717) is 0 Å². The minimum Gasteiger partial charge on any atom is -0.356 e. The number of aliphatic imine (C=N–C) groups is 1. The third-order valence-electron chi connectivity index (χ3n) is 4.56. The highest BCUT2D eigenvalue weighted by Crippen LogP contribution is 2.10. The van der Waals surface area contributed by atoms with Gasteiger partial charge in [0.15, 0.2) is 5.96 Å². The number of guanidine groups is 1. The van der Waals surface area contributed by atoms with E-state index in [-0.39, 0.29) is 12.5 Å². The summed E-state index contributed by atoms with van der Waals surface area (Å²) < 4.78 is 0. The van der Waals surface area contributed by atoms with Gasteiger partial charge in [0.05, 0.1) is 0 Å². The van der Waals surface area contributed by atoms with Gasteiger partial charge in [0.2, 0.25) is 5.91 Å². The van der Waals surface area contributed by atoms with Crippen LogP contribution in [0, 0.1) is 6.92 Å². The van der Waals surface area contributed by atoms with Gasteiger partial charge in [-0.1, -0.05) is 36.8 Å². The molecule has 1 aromatic rings. The van der Waals surface area contributed by atoms with Crippen LogP contribution in [0.1, 0.15) is 24.5 Å². The number of nitrogens with zero attached hydrogens (tertiary/aromatic N) is 4. The van der Waals surface area contributed by atoms with E-state index >= 15 is 0 Å². The normalized spacial score (nSPS) is 15.8. The number of aryl methyl sites for hydroxylation is 1. The Balaban J connectivity index is 1.91. The number of likely N-dealkylation sites (N-methyl/N-ethyl adjacent to an activating group) is 1. The van der Waals surface area contributed by atoms with Gasteiger partial charge in [-0.05, 0) is 18.9 Å². The van der Waals surface area contributed by atoms with E-state index in [2.05, 4.69) is 58.2 Å². The summed E-state index contributed by atoms with van der Waals surface area (Å²) in [6.45, 7) is 10.2. The molecule has 2 rings (SSSR count). The van der Waals surface area contributed by atoms with Gasteiger partial charge in [-0.15, -0.1) is 0 Å². The average Bonchev–Trinajstić information content (AvgIpc) is 2.62. The predicted molar refractivity (Wildman–Crippen MR) is 107 cm³/mol. The Bertz CT molecular complexity index is 606. The van der Waals surface area contributed by atoms with Crippen LogP contribution in [0.15, 0.2) is 29.3 Å². The van der Waals surface area contributed by atoms with Gasteiger partial charge in [0.1, 0.15) is 6.54 Å². The number of amides is 1. The maximum Gasteiger partial charge on any atom is 0.243 e. The summed E-state index contributed by atoms with van der Waals surface area (Å²) >= 11 is 0. The molecule has 144 valence electrons. The van der Waals surface area contributed by atoms with Crippen molar-refractivity contribution in [1.29, 1.82) is 0 Å². The molecule has 1 heterocycles. The van der Waals surface area contributed by atoms with Gasteiger partial charge in [-0.3, -0.25) is 9.69 Å². The second-order valence-electron chi connectivity index (χ2n) is 7.11. The minimum atomic E-state index is 0.0267. The fraction of sp³-hybridized carbons (Fsp3) is 0.600. The summed E-state index contributed by atoms with van der Waals surface area (Å²) in [5.74, 6) is 0.885. The Hall–Kier alpha value is -2.08. The zero-order chi connectivity index (χ0) is 18.9. The van der Waals surface area contributed by atoms with E-state index in [1.807, 2.05) is 0 Å². The number of carbonyl (C=O) groups excluding carboxylic acids is 1. The molecule has 1 saturated heterocycles. The van der Waals surface area contributed by atoms with Crippen molar-refractivity contribution >= 4 is 11.9 Å². The molecule has 0 unspecified atom stereocenters. The average molecular weight is 360 g/mol. The largest absolute Gasteiger partial charge is 0.356 e. The van der Waals surface area contributed by atoms with E-state index in [9.17, 15) is 4.79 Å². The third-order valence-corrected chi connectivity index (χ3v) is 4.56. The predicted octanol–water partition coefficient (Wildman–Crippen LogP) is 1.56. The van der Waals surface area contributed by atoms with Crippen molar-refractivity contribution in [2.24, 2.45) is 4.99 Å². The molecule has 1 N–H and O–H groups in total. The molecule has 6 heteroatoms. The van der Waals surface area contributed by atoms with Crippen molar-refractivity contribution in [2.45, 2.75) is 26.8 Å². The first-order valence-electron chi connectivity index (χ1n) is 9.51. The van der Waals surface area contributed by atoms with Crippen LogP contribution < -0.4 is 5.32 Å². The van der Waals surface area contributed by atoms with Gasteiger partial charge >= 0.3 is 0 Å². The number of carbonyl (C=O) groups is 1. The number of piperazine rings is 1. The quantitative estimate of drug-likeness (QED) is 0.619. The molecule has 1 aromatic carbocycles. The summed E-state index contributed by atoms with van der Waals surface area (Å²) in [7, 11) is 3.53. The summed E-state index contributed by atoms with van der Waals surface area (Å²) in [6.07, 6.45) is 1.04. The molecule has 1 aliphatic heterocycles. The van der Waals surface area contributed by atoms with Crippen LogP contribution in [-0.4, -0.2) is 79.9 Å². The molecule has 1 aliphatic rings. The summed E-state index contributed by atoms with van der Waals surface area (Å²) in [5.41, 5.74) is 2.68. The Labute approximate surface area is 157 Å². The Kier molecular flexibility index (Phi) is 7.91. The molecule has 0 atom stereocenters. The lowest BCUT2D eigenvalue weighted by atomic mass is 10.1. The van der Waals surface area contributed by atoms with Crippen molar-refractivity contribution in [3.05, 3.63) is 35.4 Å².